The van der Waals surface area contributed by atoms with Gasteiger partial charge in [-0.15, -0.1) is 10.2 Å². The molecule has 9 heteroatoms. The maximum atomic E-state index is 13.5. The Labute approximate surface area is 200 Å². The van der Waals surface area contributed by atoms with Gasteiger partial charge in [0.05, 0.1) is 0 Å². The van der Waals surface area contributed by atoms with E-state index in [4.69, 9.17) is 4.74 Å². The third-order valence-electron chi connectivity index (χ3n) is 5.20. The summed E-state index contributed by atoms with van der Waals surface area (Å²) in [6, 6.07) is 21.3. The quantitative estimate of drug-likeness (QED) is 0.174. The zero-order valence-electron chi connectivity index (χ0n) is 18.7. The molecule has 0 bridgehead atoms. The number of rotatable bonds is 9. The third-order valence-corrected chi connectivity index (χ3v) is 6.36. The summed E-state index contributed by atoms with van der Waals surface area (Å²) in [6.45, 7) is 3.66. The molecule has 0 fully saturated rings. The van der Waals surface area contributed by atoms with Gasteiger partial charge in [-0.1, -0.05) is 59.8 Å². The van der Waals surface area contributed by atoms with Crippen molar-refractivity contribution >= 4 is 11.8 Å². The molecular weight excluding hydrogens is 455 g/mol. The largest absolute Gasteiger partial charge is 0.489 e. The number of benzene rings is 3. The van der Waals surface area contributed by atoms with E-state index in [1.807, 2.05) is 54.8 Å². The predicted octanol–water partition coefficient (Wildman–Crippen LogP) is 5.71. The Kier molecular flexibility index (Phi) is 7.22. The maximum Gasteiger partial charge on any atom is 0.220 e. The summed E-state index contributed by atoms with van der Waals surface area (Å²) in [6.07, 6.45) is 0. The SMILES string of the molecule is Cc1ccc(-n2c(C)nnc2S[C@@H](C[N+](=O)[O-])c2ccccc2OCc2cccc(F)c2)cc1. The fourth-order valence-corrected chi connectivity index (χ4v) is 4.74. The molecule has 0 saturated heterocycles. The van der Waals surface area contributed by atoms with Crippen molar-refractivity contribution in [3.8, 4) is 11.4 Å². The summed E-state index contributed by atoms with van der Waals surface area (Å²) in [5.74, 6) is 0.841. The van der Waals surface area contributed by atoms with Crippen LogP contribution in [0.5, 0.6) is 5.75 Å². The predicted molar refractivity (Wildman–Crippen MR) is 128 cm³/mol. The Balaban J connectivity index is 1.64. The molecule has 0 saturated carbocycles. The zero-order valence-corrected chi connectivity index (χ0v) is 19.5. The van der Waals surface area contributed by atoms with Crippen LogP contribution in [0.2, 0.25) is 0 Å². The van der Waals surface area contributed by atoms with Gasteiger partial charge >= 0.3 is 0 Å². The molecule has 0 unspecified atom stereocenters. The van der Waals surface area contributed by atoms with Crippen LogP contribution in [0.25, 0.3) is 5.69 Å². The topological polar surface area (TPSA) is 83.1 Å². The van der Waals surface area contributed by atoms with Gasteiger partial charge in [-0.3, -0.25) is 14.7 Å². The lowest BCUT2D eigenvalue weighted by molar-refractivity contribution is -0.479. The number of para-hydroxylation sites is 1. The molecule has 4 aromatic rings. The number of nitrogens with zero attached hydrogens (tertiary/aromatic N) is 4. The Hall–Kier alpha value is -3.72. The first-order valence-electron chi connectivity index (χ1n) is 10.6. The summed E-state index contributed by atoms with van der Waals surface area (Å²) in [5.41, 5.74) is 3.34. The molecule has 174 valence electrons. The highest BCUT2D eigenvalue weighted by molar-refractivity contribution is 7.99. The van der Waals surface area contributed by atoms with Gasteiger partial charge in [0, 0.05) is 16.2 Å². The maximum absolute atomic E-state index is 13.5. The van der Waals surface area contributed by atoms with E-state index in [9.17, 15) is 14.5 Å². The van der Waals surface area contributed by atoms with E-state index in [0.717, 1.165) is 11.3 Å². The monoisotopic (exact) mass is 478 g/mol. The Morgan fingerprint density at radius 3 is 2.56 bits per heavy atom. The summed E-state index contributed by atoms with van der Waals surface area (Å²) >= 11 is 1.26. The molecule has 7 nitrogen and oxygen atoms in total. The van der Waals surface area contributed by atoms with E-state index in [1.54, 1.807) is 24.3 Å². The fraction of sp³-hybridized carbons (Fsp3) is 0.200. The molecule has 1 atom stereocenters. The number of aryl methyl sites for hydroxylation is 2. The van der Waals surface area contributed by atoms with Gasteiger partial charge in [-0.05, 0) is 49.7 Å². The van der Waals surface area contributed by atoms with Gasteiger partial charge < -0.3 is 4.74 Å². The van der Waals surface area contributed by atoms with Crippen molar-refractivity contribution in [1.82, 2.24) is 14.8 Å². The number of ether oxygens (including phenoxy) is 1. The summed E-state index contributed by atoms with van der Waals surface area (Å²) < 4.78 is 21.4. The number of hydrogen-bond acceptors (Lipinski definition) is 6. The van der Waals surface area contributed by atoms with Crippen molar-refractivity contribution in [1.29, 1.82) is 0 Å². The first kappa shape index (κ1) is 23.4. The van der Waals surface area contributed by atoms with Crippen LogP contribution in [-0.2, 0) is 6.61 Å². The summed E-state index contributed by atoms with van der Waals surface area (Å²) in [7, 11) is 0. The highest BCUT2D eigenvalue weighted by atomic mass is 32.2. The van der Waals surface area contributed by atoms with Crippen LogP contribution in [0.4, 0.5) is 4.39 Å². The normalized spacial score (nSPS) is 11.9. The number of halogens is 1. The van der Waals surface area contributed by atoms with Crippen LogP contribution in [0, 0.1) is 29.8 Å². The minimum Gasteiger partial charge on any atom is -0.489 e. The van der Waals surface area contributed by atoms with Gasteiger partial charge in [0.15, 0.2) is 5.16 Å². The number of nitro groups is 1. The van der Waals surface area contributed by atoms with Crippen LogP contribution < -0.4 is 4.74 Å². The van der Waals surface area contributed by atoms with Crippen molar-refractivity contribution < 1.29 is 14.1 Å². The standard InChI is InChI=1S/C25H23FN4O3S/c1-17-10-12-21(13-11-17)30-18(2)27-28-25(30)34-24(15-29(31)32)22-8-3-4-9-23(22)33-16-19-6-5-7-20(26)14-19/h3-14,24H,15-16H2,1-2H3/t24-/m0/s1. The lowest BCUT2D eigenvalue weighted by Gasteiger charge is -2.18. The molecule has 1 aromatic heterocycles. The molecule has 0 amide bonds. The van der Waals surface area contributed by atoms with Gasteiger partial charge in [-0.2, -0.15) is 0 Å². The van der Waals surface area contributed by atoms with Crippen molar-refractivity contribution in [2.75, 3.05) is 6.54 Å². The molecule has 0 radical (unpaired) electrons. The number of thioether (sulfide) groups is 1. The fourth-order valence-electron chi connectivity index (χ4n) is 3.54. The molecule has 34 heavy (non-hydrogen) atoms. The molecule has 1 heterocycles. The van der Waals surface area contributed by atoms with Crippen molar-refractivity contribution in [3.05, 3.63) is 111 Å². The second-order valence-electron chi connectivity index (χ2n) is 7.78. The van der Waals surface area contributed by atoms with Crippen LogP contribution in [0.1, 0.15) is 27.8 Å². The molecule has 4 rings (SSSR count). The van der Waals surface area contributed by atoms with E-state index in [1.165, 1.54) is 23.9 Å². The lowest BCUT2D eigenvalue weighted by atomic mass is 10.1. The molecular formula is C25H23FN4O3S. The van der Waals surface area contributed by atoms with Crippen LogP contribution in [0.3, 0.4) is 0 Å². The molecule has 0 N–H and O–H groups in total. The van der Waals surface area contributed by atoms with E-state index >= 15 is 0 Å². The highest BCUT2D eigenvalue weighted by Crippen LogP contribution is 2.40. The minimum absolute atomic E-state index is 0.142. The minimum atomic E-state index is -0.577. The first-order chi connectivity index (χ1) is 16.4. The Bertz CT molecular complexity index is 1290. The van der Waals surface area contributed by atoms with E-state index < -0.39 is 5.25 Å². The van der Waals surface area contributed by atoms with Crippen LogP contribution in [-0.4, -0.2) is 26.2 Å². The van der Waals surface area contributed by atoms with Gasteiger partial charge in [0.25, 0.3) is 0 Å². The van der Waals surface area contributed by atoms with E-state index in [0.29, 0.717) is 27.9 Å². The van der Waals surface area contributed by atoms with Crippen molar-refractivity contribution in [3.63, 3.8) is 0 Å². The Morgan fingerprint density at radius 1 is 1.06 bits per heavy atom. The highest BCUT2D eigenvalue weighted by Gasteiger charge is 2.26. The molecule has 0 aliphatic carbocycles. The second kappa shape index (κ2) is 10.5. The van der Waals surface area contributed by atoms with Crippen LogP contribution in [0.15, 0.2) is 78.0 Å². The van der Waals surface area contributed by atoms with Crippen molar-refractivity contribution in [2.45, 2.75) is 30.9 Å². The Morgan fingerprint density at radius 2 is 1.82 bits per heavy atom. The number of aromatic nitrogens is 3. The van der Waals surface area contributed by atoms with Gasteiger partial charge in [-0.25, -0.2) is 4.39 Å². The molecule has 0 spiro atoms. The average Bonchev–Trinajstić information content (AvgIpc) is 3.17. The first-order valence-corrected chi connectivity index (χ1v) is 11.5. The molecule has 3 aromatic carbocycles. The zero-order chi connectivity index (χ0) is 24.1. The smallest absolute Gasteiger partial charge is 0.220 e. The molecule has 0 aliphatic rings. The lowest BCUT2D eigenvalue weighted by Crippen LogP contribution is -2.12. The summed E-state index contributed by atoms with van der Waals surface area (Å²) in [5, 5.41) is 20.0. The number of hydrogen-bond donors (Lipinski definition) is 0. The van der Waals surface area contributed by atoms with Crippen LogP contribution >= 0.6 is 11.8 Å². The molecule has 0 aliphatic heterocycles. The van der Waals surface area contributed by atoms with E-state index in [-0.39, 0.29) is 23.9 Å². The second-order valence-corrected chi connectivity index (χ2v) is 8.95. The van der Waals surface area contributed by atoms with Gasteiger partial charge in [0.2, 0.25) is 6.54 Å². The van der Waals surface area contributed by atoms with E-state index in [2.05, 4.69) is 10.2 Å². The third kappa shape index (κ3) is 5.60. The summed E-state index contributed by atoms with van der Waals surface area (Å²) in [4.78, 5) is 11.2. The average molecular weight is 479 g/mol. The van der Waals surface area contributed by atoms with Crippen molar-refractivity contribution in [2.24, 2.45) is 0 Å². The van der Waals surface area contributed by atoms with Gasteiger partial charge in [0.1, 0.15) is 29.2 Å².